The summed E-state index contributed by atoms with van der Waals surface area (Å²) in [6, 6.07) is 7.04. The lowest BCUT2D eigenvalue weighted by Gasteiger charge is -2.22. The average Bonchev–Trinajstić information content (AvgIpc) is 3.00. The van der Waals surface area contributed by atoms with E-state index in [4.69, 9.17) is 16.3 Å². The molecule has 2 heterocycles. The maximum atomic E-state index is 12.6. The van der Waals surface area contributed by atoms with Crippen LogP contribution in [0.4, 0.5) is 0 Å². The summed E-state index contributed by atoms with van der Waals surface area (Å²) in [5, 5.41) is -0.182. The highest BCUT2D eigenvalue weighted by Crippen LogP contribution is 2.34. The second-order valence-electron chi connectivity index (χ2n) is 6.05. The van der Waals surface area contributed by atoms with Crippen LogP contribution in [0.15, 0.2) is 24.3 Å². The Morgan fingerprint density at radius 1 is 1.22 bits per heavy atom. The van der Waals surface area contributed by atoms with E-state index in [0.29, 0.717) is 36.8 Å². The van der Waals surface area contributed by atoms with Crippen LogP contribution in [0, 0.1) is 5.92 Å². The SMILES string of the molecule is O=C([C@H]1CCOC1)N1CC[C@H](c2ccccc2Cl)S(=O)(=O)CC1. The Bertz CT molecular complexity index is 685. The summed E-state index contributed by atoms with van der Waals surface area (Å²) in [7, 11) is -3.34. The Hall–Kier alpha value is -1.11. The molecular formula is C16H20ClNO4S. The molecule has 0 N–H and O–H groups in total. The second kappa shape index (κ2) is 6.79. The smallest absolute Gasteiger partial charge is 0.228 e. The monoisotopic (exact) mass is 357 g/mol. The van der Waals surface area contributed by atoms with E-state index in [1.54, 1.807) is 29.2 Å². The number of sulfone groups is 1. The zero-order chi connectivity index (χ0) is 16.4. The molecule has 1 amide bonds. The van der Waals surface area contributed by atoms with E-state index in [-0.39, 0.29) is 24.1 Å². The first kappa shape index (κ1) is 16.7. The highest BCUT2D eigenvalue weighted by atomic mass is 35.5. The predicted molar refractivity (Wildman–Crippen MR) is 88.1 cm³/mol. The Balaban J connectivity index is 1.80. The zero-order valence-electron chi connectivity index (χ0n) is 12.8. The summed E-state index contributed by atoms with van der Waals surface area (Å²) in [5.41, 5.74) is 0.632. The molecule has 3 rings (SSSR count). The fraction of sp³-hybridized carbons (Fsp3) is 0.562. The van der Waals surface area contributed by atoms with Crippen molar-refractivity contribution in [2.45, 2.75) is 18.1 Å². The Labute approximate surface area is 141 Å². The molecule has 5 nitrogen and oxygen atoms in total. The third-order valence-electron chi connectivity index (χ3n) is 4.58. The minimum absolute atomic E-state index is 0.0116. The summed E-state index contributed by atoms with van der Waals surface area (Å²) < 4.78 is 30.5. The van der Waals surface area contributed by atoms with Crippen molar-refractivity contribution in [1.29, 1.82) is 0 Å². The van der Waals surface area contributed by atoms with E-state index in [0.717, 1.165) is 6.42 Å². The van der Waals surface area contributed by atoms with E-state index < -0.39 is 15.1 Å². The van der Waals surface area contributed by atoms with Gasteiger partial charge in [0.25, 0.3) is 0 Å². The van der Waals surface area contributed by atoms with Gasteiger partial charge in [-0.25, -0.2) is 8.42 Å². The molecule has 2 aliphatic rings. The number of carbonyl (C=O) groups excluding carboxylic acids is 1. The van der Waals surface area contributed by atoms with Gasteiger partial charge in [-0.3, -0.25) is 4.79 Å². The van der Waals surface area contributed by atoms with Gasteiger partial charge >= 0.3 is 0 Å². The van der Waals surface area contributed by atoms with E-state index in [9.17, 15) is 13.2 Å². The number of ether oxygens (including phenoxy) is 1. The number of benzene rings is 1. The van der Waals surface area contributed by atoms with Gasteiger partial charge in [-0.05, 0) is 24.5 Å². The first-order valence-corrected chi connectivity index (χ1v) is 9.91. The van der Waals surface area contributed by atoms with Gasteiger partial charge in [0, 0.05) is 24.7 Å². The average molecular weight is 358 g/mol. The third kappa shape index (κ3) is 3.54. The van der Waals surface area contributed by atoms with Crippen molar-refractivity contribution in [2.24, 2.45) is 5.92 Å². The molecule has 7 heteroatoms. The number of carbonyl (C=O) groups is 1. The summed E-state index contributed by atoms with van der Waals surface area (Å²) in [6.45, 7) is 1.73. The largest absolute Gasteiger partial charge is 0.381 e. The highest BCUT2D eigenvalue weighted by Gasteiger charge is 2.36. The lowest BCUT2D eigenvalue weighted by atomic mass is 10.1. The minimum atomic E-state index is -3.34. The van der Waals surface area contributed by atoms with Gasteiger partial charge in [0.05, 0.1) is 23.5 Å². The van der Waals surface area contributed by atoms with Gasteiger partial charge in [-0.1, -0.05) is 29.8 Å². The van der Waals surface area contributed by atoms with Crippen LogP contribution in [-0.4, -0.2) is 51.3 Å². The van der Waals surface area contributed by atoms with Crippen molar-refractivity contribution in [1.82, 2.24) is 4.90 Å². The number of amides is 1. The fourth-order valence-corrected chi connectivity index (χ4v) is 5.39. The minimum Gasteiger partial charge on any atom is -0.381 e. The van der Waals surface area contributed by atoms with Crippen molar-refractivity contribution in [3.05, 3.63) is 34.9 Å². The summed E-state index contributed by atoms with van der Waals surface area (Å²) in [6.07, 6.45) is 1.10. The lowest BCUT2D eigenvalue weighted by molar-refractivity contribution is -0.135. The molecule has 1 aromatic carbocycles. The molecule has 2 atom stereocenters. The molecule has 0 bridgehead atoms. The third-order valence-corrected chi connectivity index (χ3v) is 7.04. The van der Waals surface area contributed by atoms with E-state index in [1.807, 2.05) is 0 Å². The number of hydrogen-bond donors (Lipinski definition) is 0. The van der Waals surface area contributed by atoms with Gasteiger partial charge in [-0.15, -0.1) is 0 Å². The molecule has 23 heavy (non-hydrogen) atoms. The molecule has 0 radical (unpaired) electrons. The van der Waals surface area contributed by atoms with Gasteiger partial charge in [-0.2, -0.15) is 0 Å². The molecule has 0 saturated carbocycles. The summed E-state index contributed by atoms with van der Waals surface area (Å²) in [5.74, 6) is -0.144. The van der Waals surface area contributed by atoms with Crippen LogP contribution in [0.2, 0.25) is 5.02 Å². The normalized spacial score (nSPS) is 27.6. The van der Waals surface area contributed by atoms with Crippen LogP contribution in [0.3, 0.4) is 0 Å². The first-order valence-electron chi connectivity index (χ1n) is 7.81. The van der Waals surface area contributed by atoms with E-state index >= 15 is 0 Å². The van der Waals surface area contributed by atoms with Gasteiger partial charge < -0.3 is 9.64 Å². The van der Waals surface area contributed by atoms with Crippen LogP contribution >= 0.6 is 11.6 Å². The molecule has 2 aliphatic heterocycles. The maximum absolute atomic E-state index is 12.6. The van der Waals surface area contributed by atoms with Gasteiger partial charge in [0.15, 0.2) is 9.84 Å². The molecule has 2 fully saturated rings. The molecule has 0 spiro atoms. The fourth-order valence-electron chi connectivity index (χ4n) is 3.24. The first-order chi connectivity index (χ1) is 11.0. The standard InChI is InChI=1S/C16H20ClNO4S/c17-14-4-2-1-3-13(14)15-5-7-18(8-10-23(15,20)21)16(19)12-6-9-22-11-12/h1-4,12,15H,5-11H2/t12-,15+/m0/s1. The van der Waals surface area contributed by atoms with Crippen LogP contribution in [0.1, 0.15) is 23.7 Å². The number of nitrogens with zero attached hydrogens (tertiary/aromatic N) is 1. The van der Waals surface area contributed by atoms with Crippen LogP contribution in [0.5, 0.6) is 0 Å². The second-order valence-corrected chi connectivity index (χ2v) is 8.76. The number of hydrogen-bond acceptors (Lipinski definition) is 4. The van der Waals surface area contributed by atoms with Crippen LogP contribution < -0.4 is 0 Å². The Morgan fingerprint density at radius 2 is 2.00 bits per heavy atom. The topological polar surface area (TPSA) is 63.7 Å². The number of halogens is 1. The molecular weight excluding hydrogens is 338 g/mol. The highest BCUT2D eigenvalue weighted by molar-refractivity contribution is 7.91. The van der Waals surface area contributed by atoms with Crippen LogP contribution in [0.25, 0.3) is 0 Å². The Morgan fingerprint density at radius 3 is 2.70 bits per heavy atom. The van der Waals surface area contributed by atoms with E-state index in [2.05, 4.69) is 0 Å². The quantitative estimate of drug-likeness (QED) is 0.812. The maximum Gasteiger partial charge on any atom is 0.228 e. The van der Waals surface area contributed by atoms with Crippen molar-refractivity contribution < 1.29 is 17.9 Å². The van der Waals surface area contributed by atoms with E-state index in [1.165, 1.54) is 0 Å². The summed E-state index contributed by atoms with van der Waals surface area (Å²) in [4.78, 5) is 14.2. The lowest BCUT2D eigenvalue weighted by Crippen LogP contribution is -2.38. The van der Waals surface area contributed by atoms with Crippen molar-refractivity contribution in [3.8, 4) is 0 Å². The number of rotatable bonds is 2. The Kier molecular flexibility index (Phi) is 4.94. The van der Waals surface area contributed by atoms with Gasteiger partial charge in [0.2, 0.25) is 5.91 Å². The van der Waals surface area contributed by atoms with Crippen molar-refractivity contribution in [2.75, 3.05) is 32.1 Å². The zero-order valence-corrected chi connectivity index (χ0v) is 14.4. The summed E-state index contributed by atoms with van der Waals surface area (Å²) >= 11 is 6.18. The van der Waals surface area contributed by atoms with Crippen molar-refractivity contribution in [3.63, 3.8) is 0 Å². The predicted octanol–water partition coefficient (Wildman–Crippen LogP) is 2.06. The molecule has 126 valence electrons. The molecule has 2 saturated heterocycles. The molecule has 1 aromatic rings. The van der Waals surface area contributed by atoms with Crippen molar-refractivity contribution >= 4 is 27.3 Å². The molecule has 0 unspecified atom stereocenters. The molecule has 0 aromatic heterocycles. The van der Waals surface area contributed by atoms with Crippen LogP contribution in [-0.2, 0) is 19.4 Å². The van der Waals surface area contributed by atoms with Gasteiger partial charge in [0.1, 0.15) is 0 Å². The molecule has 0 aliphatic carbocycles.